The first-order valence-corrected chi connectivity index (χ1v) is 5.70. The predicted octanol–water partition coefficient (Wildman–Crippen LogP) is 2.65. The number of hydrogen-bond acceptors (Lipinski definition) is 3. The molecule has 0 aliphatic heterocycles. The molecule has 1 fully saturated rings. The van der Waals surface area contributed by atoms with Crippen LogP contribution in [0.3, 0.4) is 0 Å². The van der Waals surface area contributed by atoms with Crippen LogP contribution in [-0.2, 0) is 0 Å². The van der Waals surface area contributed by atoms with Gasteiger partial charge in [-0.1, -0.05) is 12.8 Å². The first-order valence-electron chi connectivity index (χ1n) is 5.70. The molecule has 1 aromatic carbocycles. The summed E-state index contributed by atoms with van der Waals surface area (Å²) in [5.74, 6) is 1.58. The number of Topliss-reactive ketones (excluding diaryl/α,β-unsaturated/α-hetero) is 1. The van der Waals surface area contributed by atoms with Gasteiger partial charge in [-0.2, -0.15) is 0 Å². The molecule has 0 bridgehead atoms. The number of nitrogen functional groups attached to an aromatic ring is 1. The van der Waals surface area contributed by atoms with E-state index in [0.29, 0.717) is 11.3 Å². The molecule has 1 aromatic rings. The lowest BCUT2D eigenvalue weighted by Crippen LogP contribution is -2.02. The third-order valence-corrected chi connectivity index (χ3v) is 2.90. The minimum absolute atomic E-state index is 0.0230. The Labute approximate surface area is 95.6 Å². The van der Waals surface area contributed by atoms with Crippen molar-refractivity contribution in [3.05, 3.63) is 23.8 Å². The van der Waals surface area contributed by atoms with Crippen molar-refractivity contribution in [2.24, 2.45) is 5.92 Å². The van der Waals surface area contributed by atoms with Crippen molar-refractivity contribution < 1.29 is 9.53 Å². The van der Waals surface area contributed by atoms with Gasteiger partial charge in [-0.25, -0.2) is 0 Å². The molecule has 0 heterocycles. The number of rotatable bonds is 5. The Bertz CT molecular complexity index is 397. The van der Waals surface area contributed by atoms with Gasteiger partial charge in [0.2, 0.25) is 0 Å². The molecule has 2 rings (SSSR count). The van der Waals surface area contributed by atoms with Crippen LogP contribution in [0.1, 0.15) is 36.5 Å². The van der Waals surface area contributed by atoms with E-state index in [9.17, 15) is 4.79 Å². The third kappa shape index (κ3) is 2.75. The van der Waals surface area contributed by atoms with Crippen molar-refractivity contribution >= 4 is 11.5 Å². The Morgan fingerprint density at radius 3 is 2.88 bits per heavy atom. The number of hydrogen-bond donors (Lipinski definition) is 1. The van der Waals surface area contributed by atoms with E-state index in [4.69, 9.17) is 10.5 Å². The van der Waals surface area contributed by atoms with E-state index in [1.54, 1.807) is 12.1 Å². The zero-order valence-corrected chi connectivity index (χ0v) is 9.53. The standard InChI is InChI=1S/C13H17NO2/c1-9(15)12-8-11(4-5-13(12)14)16-7-6-10-2-3-10/h4-5,8,10H,2-3,6-7,14H2,1H3. The smallest absolute Gasteiger partial charge is 0.162 e. The molecular formula is C13H17NO2. The van der Waals surface area contributed by atoms with Gasteiger partial charge in [0.05, 0.1) is 6.61 Å². The van der Waals surface area contributed by atoms with Gasteiger partial charge in [-0.15, -0.1) is 0 Å². The van der Waals surface area contributed by atoms with Gasteiger partial charge in [0.25, 0.3) is 0 Å². The number of ketones is 1. The molecule has 0 unspecified atom stereocenters. The van der Waals surface area contributed by atoms with Gasteiger partial charge in [-0.3, -0.25) is 4.79 Å². The number of ether oxygens (including phenoxy) is 1. The Kier molecular flexibility index (Phi) is 3.13. The van der Waals surface area contributed by atoms with Gasteiger partial charge in [0.1, 0.15) is 5.75 Å². The summed E-state index contributed by atoms with van der Waals surface area (Å²) in [5, 5.41) is 0. The maximum Gasteiger partial charge on any atom is 0.162 e. The van der Waals surface area contributed by atoms with Crippen molar-refractivity contribution in [1.82, 2.24) is 0 Å². The van der Waals surface area contributed by atoms with Crippen LogP contribution in [0.25, 0.3) is 0 Å². The highest BCUT2D eigenvalue weighted by molar-refractivity contribution is 5.99. The van der Waals surface area contributed by atoms with Crippen molar-refractivity contribution in [1.29, 1.82) is 0 Å². The van der Waals surface area contributed by atoms with Crippen LogP contribution in [0, 0.1) is 5.92 Å². The van der Waals surface area contributed by atoms with Gasteiger partial charge < -0.3 is 10.5 Å². The van der Waals surface area contributed by atoms with E-state index >= 15 is 0 Å². The van der Waals surface area contributed by atoms with E-state index in [2.05, 4.69) is 0 Å². The molecule has 3 nitrogen and oxygen atoms in total. The van der Waals surface area contributed by atoms with Crippen LogP contribution >= 0.6 is 0 Å². The Balaban J connectivity index is 1.97. The summed E-state index contributed by atoms with van der Waals surface area (Å²) in [5.41, 5.74) is 6.76. The van der Waals surface area contributed by atoms with Crippen LogP contribution in [-0.4, -0.2) is 12.4 Å². The molecule has 1 aliphatic rings. The summed E-state index contributed by atoms with van der Waals surface area (Å²) in [6.07, 6.45) is 3.79. The van der Waals surface area contributed by atoms with Gasteiger partial charge in [0.15, 0.2) is 5.78 Å². The quantitative estimate of drug-likeness (QED) is 0.612. The molecule has 1 aliphatic carbocycles. The fourth-order valence-electron chi connectivity index (χ4n) is 1.68. The second kappa shape index (κ2) is 4.56. The second-order valence-corrected chi connectivity index (χ2v) is 4.39. The van der Waals surface area contributed by atoms with Crippen molar-refractivity contribution in [2.75, 3.05) is 12.3 Å². The minimum Gasteiger partial charge on any atom is -0.494 e. The number of anilines is 1. The lowest BCUT2D eigenvalue weighted by Gasteiger charge is -2.08. The number of benzene rings is 1. The van der Waals surface area contributed by atoms with Crippen molar-refractivity contribution in [3.63, 3.8) is 0 Å². The van der Waals surface area contributed by atoms with E-state index in [0.717, 1.165) is 24.7 Å². The molecule has 0 radical (unpaired) electrons. The zero-order chi connectivity index (χ0) is 11.5. The first-order chi connectivity index (χ1) is 7.66. The summed E-state index contributed by atoms with van der Waals surface area (Å²) in [7, 11) is 0. The predicted molar refractivity (Wildman–Crippen MR) is 63.7 cm³/mol. The molecule has 0 spiro atoms. The van der Waals surface area contributed by atoms with Crippen LogP contribution in [0.2, 0.25) is 0 Å². The molecule has 16 heavy (non-hydrogen) atoms. The second-order valence-electron chi connectivity index (χ2n) is 4.39. The average Bonchev–Trinajstić information content (AvgIpc) is 3.04. The first kappa shape index (κ1) is 11.0. The Morgan fingerprint density at radius 1 is 1.50 bits per heavy atom. The van der Waals surface area contributed by atoms with E-state index < -0.39 is 0 Å². The molecule has 86 valence electrons. The maximum absolute atomic E-state index is 11.3. The number of carbonyl (C=O) groups excluding carboxylic acids is 1. The van der Waals surface area contributed by atoms with E-state index in [-0.39, 0.29) is 5.78 Å². The molecule has 3 heteroatoms. The highest BCUT2D eigenvalue weighted by atomic mass is 16.5. The monoisotopic (exact) mass is 219 g/mol. The normalized spacial score (nSPS) is 14.8. The zero-order valence-electron chi connectivity index (χ0n) is 9.53. The van der Waals surface area contributed by atoms with Crippen LogP contribution in [0.4, 0.5) is 5.69 Å². The van der Waals surface area contributed by atoms with Crippen LogP contribution < -0.4 is 10.5 Å². The van der Waals surface area contributed by atoms with Gasteiger partial charge in [0, 0.05) is 11.3 Å². The Morgan fingerprint density at radius 2 is 2.25 bits per heavy atom. The summed E-state index contributed by atoms with van der Waals surface area (Å²) in [6.45, 7) is 2.24. The summed E-state index contributed by atoms with van der Waals surface area (Å²) in [4.78, 5) is 11.3. The van der Waals surface area contributed by atoms with Gasteiger partial charge >= 0.3 is 0 Å². The number of nitrogens with two attached hydrogens (primary N) is 1. The van der Waals surface area contributed by atoms with Crippen LogP contribution in [0.15, 0.2) is 18.2 Å². The third-order valence-electron chi connectivity index (χ3n) is 2.90. The molecule has 1 saturated carbocycles. The highest BCUT2D eigenvalue weighted by Crippen LogP contribution is 2.32. The lowest BCUT2D eigenvalue weighted by atomic mass is 10.1. The minimum atomic E-state index is -0.0230. The summed E-state index contributed by atoms with van der Waals surface area (Å²) in [6, 6.07) is 5.27. The molecule has 0 atom stereocenters. The fourth-order valence-corrected chi connectivity index (χ4v) is 1.68. The Hall–Kier alpha value is -1.51. The molecule has 0 amide bonds. The SMILES string of the molecule is CC(=O)c1cc(OCCC2CC2)ccc1N. The maximum atomic E-state index is 11.3. The highest BCUT2D eigenvalue weighted by Gasteiger charge is 2.20. The molecule has 0 saturated heterocycles. The fraction of sp³-hybridized carbons (Fsp3) is 0.462. The van der Waals surface area contributed by atoms with Crippen molar-refractivity contribution in [3.8, 4) is 5.75 Å². The summed E-state index contributed by atoms with van der Waals surface area (Å²) < 4.78 is 5.59. The molecular weight excluding hydrogens is 202 g/mol. The van der Waals surface area contributed by atoms with Crippen LogP contribution in [0.5, 0.6) is 5.75 Å². The number of carbonyl (C=O) groups is 1. The van der Waals surface area contributed by atoms with E-state index in [1.165, 1.54) is 19.8 Å². The molecule has 2 N–H and O–H groups in total. The van der Waals surface area contributed by atoms with E-state index in [1.807, 2.05) is 6.07 Å². The van der Waals surface area contributed by atoms with Crippen molar-refractivity contribution in [2.45, 2.75) is 26.2 Å². The topological polar surface area (TPSA) is 52.3 Å². The summed E-state index contributed by atoms with van der Waals surface area (Å²) >= 11 is 0. The van der Waals surface area contributed by atoms with Gasteiger partial charge in [-0.05, 0) is 37.5 Å². The molecule has 0 aromatic heterocycles. The lowest BCUT2D eigenvalue weighted by molar-refractivity contribution is 0.101. The average molecular weight is 219 g/mol. The largest absolute Gasteiger partial charge is 0.494 e.